The molecule has 4 heteroatoms. The average molecular weight is 166 g/mol. The van der Waals surface area contributed by atoms with Crippen LogP contribution in [0.3, 0.4) is 0 Å². The molecular weight excluding hydrogens is 152 g/mol. The molecule has 0 unspecified atom stereocenters. The van der Waals surface area contributed by atoms with Crippen LogP contribution in [0.25, 0.3) is 5.70 Å². The summed E-state index contributed by atoms with van der Waals surface area (Å²) in [6.07, 6.45) is 2.57. The summed E-state index contributed by atoms with van der Waals surface area (Å²) in [6.45, 7) is 5.90. The molecule has 0 bridgehead atoms. The Balaban J connectivity index is 2.84. The lowest BCUT2D eigenvalue weighted by Crippen LogP contribution is -2.11. The van der Waals surface area contributed by atoms with Gasteiger partial charge in [0.2, 0.25) is 5.95 Å². The highest BCUT2D eigenvalue weighted by Crippen LogP contribution is 2.07. The number of hydrogen-bond acceptors (Lipinski definition) is 3. The molecule has 0 radical (unpaired) electrons. The Morgan fingerprint density at radius 1 is 1.67 bits per heavy atom. The van der Waals surface area contributed by atoms with Crippen molar-refractivity contribution in [3.8, 4) is 0 Å². The molecule has 0 aliphatic carbocycles. The lowest BCUT2D eigenvalue weighted by molar-refractivity contribution is 0.855. The van der Waals surface area contributed by atoms with E-state index in [0.717, 1.165) is 12.1 Å². The molecular formula is C8H14N4. The summed E-state index contributed by atoms with van der Waals surface area (Å²) >= 11 is 0. The Morgan fingerprint density at radius 3 is 2.75 bits per heavy atom. The largest absolute Gasteiger partial charge is 0.346 e. The third kappa shape index (κ3) is 1.64. The maximum atomic E-state index is 4.21. The quantitative estimate of drug-likeness (QED) is 0.677. The van der Waals surface area contributed by atoms with E-state index < -0.39 is 0 Å². The smallest absolute Gasteiger partial charge is 0.244 e. The van der Waals surface area contributed by atoms with Crippen molar-refractivity contribution in [3.05, 3.63) is 12.9 Å². The normalized spacial score (nSPS) is 9.92. The van der Waals surface area contributed by atoms with Crippen LogP contribution in [0.2, 0.25) is 0 Å². The molecule has 0 fully saturated rings. The molecule has 0 amide bonds. The zero-order valence-corrected chi connectivity index (χ0v) is 7.78. The van der Waals surface area contributed by atoms with E-state index in [0.29, 0.717) is 5.95 Å². The Hall–Kier alpha value is -1.32. The van der Waals surface area contributed by atoms with Gasteiger partial charge in [0.15, 0.2) is 0 Å². The van der Waals surface area contributed by atoms with Gasteiger partial charge in [0.05, 0.1) is 0 Å². The van der Waals surface area contributed by atoms with Crippen molar-refractivity contribution in [2.75, 3.05) is 19.0 Å². The van der Waals surface area contributed by atoms with Crippen molar-refractivity contribution in [1.82, 2.24) is 14.8 Å². The maximum Gasteiger partial charge on any atom is 0.244 e. The van der Waals surface area contributed by atoms with Crippen molar-refractivity contribution in [1.29, 1.82) is 0 Å². The zero-order chi connectivity index (χ0) is 9.14. The summed E-state index contributed by atoms with van der Waals surface area (Å²) in [7, 11) is 3.82. The molecule has 0 aliphatic rings. The molecule has 0 aromatic carbocycles. The third-order valence-electron chi connectivity index (χ3n) is 1.61. The van der Waals surface area contributed by atoms with Crippen molar-refractivity contribution in [2.24, 2.45) is 0 Å². The van der Waals surface area contributed by atoms with Crippen LogP contribution in [0.5, 0.6) is 0 Å². The van der Waals surface area contributed by atoms with Gasteiger partial charge in [-0.1, -0.05) is 13.5 Å². The van der Waals surface area contributed by atoms with Crippen molar-refractivity contribution < 1.29 is 0 Å². The van der Waals surface area contributed by atoms with Crippen molar-refractivity contribution >= 4 is 11.6 Å². The fourth-order valence-electron chi connectivity index (χ4n) is 0.774. The number of hydrogen-bond donors (Lipinski definition) is 0. The van der Waals surface area contributed by atoms with E-state index in [4.69, 9.17) is 0 Å². The molecule has 0 atom stereocenters. The van der Waals surface area contributed by atoms with E-state index in [9.17, 15) is 0 Å². The fourth-order valence-corrected chi connectivity index (χ4v) is 0.774. The van der Waals surface area contributed by atoms with Crippen LogP contribution in [0, 0.1) is 0 Å². The van der Waals surface area contributed by atoms with E-state index in [2.05, 4.69) is 16.7 Å². The minimum atomic E-state index is 0.713. The van der Waals surface area contributed by atoms with Gasteiger partial charge in [-0.15, -0.1) is 5.10 Å². The second-order valence-corrected chi connectivity index (χ2v) is 2.80. The highest BCUT2D eigenvalue weighted by atomic mass is 15.4. The second kappa shape index (κ2) is 3.38. The van der Waals surface area contributed by atoms with Gasteiger partial charge in [-0.3, -0.25) is 0 Å². The van der Waals surface area contributed by atoms with Gasteiger partial charge in [0.25, 0.3) is 0 Å². The maximum absolute atomic E-state index is 4.21. The molecule has 0 N–H and O–H groups in total. The first kappa shape index (κ1) is 8.77. The van der Waals surface area contributed by atoms with Gasteiger partial charge in [0.1, 0.15) is 6.33 Å². The van der Waals surface area contributed by atoms with Crippen LogP contribution in [-0.2, 0) is 0 Å². The van der Waals surface area contributed by atoms with Crippen molar-refractivity contribution in [3.63, 3.8) is 0 Å². The van der Waals surface area contributed by atoms with Gasteiger partial charge >= 0.3 is 0 Å². The van der Waals surface area contributed by atoms with Crippen LogP contribution >= 0.6 is 0 Å². The summed E-state index contributed by atoms with van der Waals surface area (Å²) in [5, 5.41) is 4.21. The minimum absolute atomic E-state index is 0.713. The highest BCUT2D eigenvalue weighted by Gasteiger charge is 2.02. The molecule has 0 spiro atoms. The Labute approximate surface area is 72.5 Å². The molecule has 1 aromatic rings. The van der Waals surface area contributed by atoms with Gasteiger partial charge in [0, 0.05) is 19.8 Å². The molecule has 0 saturated heterocycles. The first-order chi connectivity index (χ1) is 5.65. The Morgan fingerprint density at radius 2 is 2.33 bits per heavy atom. The van der Waals surface area contributed by atoms with Gasteiger partial charge < -0.3 is 4.90 Å². The van der Waals surface area contributed by atoms with Crippen LogP contribution in [0.1, 0.15) is 13.3 Å². The first-order valence-electron chi connectivity index (χ1n) is 3.92. The summed E-state index contributed by atoms with van der Waals surface area (Å²) in [5.74, 6) is 0.713. The highest BCUT2D eigenvalue weighted by molar-refractivity contribution is 5.40. The monoisotopic (exact) mass is 166 g/mol. The number of anilines is 1. The van der Waals surface area contributed by atoms with Gasteiger partial charge in [-0.05, 0) is 6.42 Å². The standard InChI is InChI=1S/C8H14N4/c1-5-7(2)12-6-9-8(10-12)11(3)4/h6H,2,5H2,1,3-4H3. The molecule has 1 heterocycles. The fraction of sp³-hybridized carbons (Fsp3) is 0.500. The topological polar surface area (TPSA) is 34.0 Å². The molecule has 1 aromatic heterocycles. The lowest BCUT2D eigenvalue weighted by Gasteiger charge is -2.04. The van der Waals surface area contributed by atoms with Crippen LogP contribution in [-0.4, -0.2) is 28.9 Å². The van der Waals surface area contributed by atoms with Crippen LogP contribution in [0.4, 0.5) is 5.95 Å². The van der Waals surface area contributed by atoms with Crippen molar-refractivity contribution in [2.45, 2.75) is 13.3 Å². The third-order valence-corrected chi connectivity index (χ3v) is 1.61. The van der Waals surface area contributed by atoms with Crippen LogP contribution in [0.15, 0.2) is 12.9 Å². The molecule has 4 nitrogen and oxygen atoms in total. The van der Waals surface area contributed by atoms with Crippen LogP contribution < -0.4 is 4.90 Å². The number of aromatic nitrogens is 3. The summed E-state index contributed by atoms with van der Waals surface area (Å²) in [6, 6.07) is 0. The van der Waals surface area contributed by atoms with E-state index >= 15 is 0 Å². The molecule has 0 aliphatic heterocycles. The first-order valence-corrected chi connectivity index (χ1v) is 3.92. The van der Waals surface area contributed by atoms with E-state index in [1.165, 1.54) is 0 Å². The predicted octanol–water partition coefficient (Wildman–Crippen LogP) is 1.22. The SMILES string of the molecule is C=C(CC)n1cnc(N(C)C)n1. The van der Waals surface area contributed by atoms with E-state index in [-0.39, 0.29) is 0 Å². The molecule has 66 valence electrons. The summed E-state index contributed by atoms with van der Waals surface area (Å²) in [5.41, 5.74) is 0.954. The summed E-state index contributed by atoms with van der Waals surface area (Å²) < 4.78 is 1.70. The van der Waals surface area contributed by atoms with E-state index in [1.807, 2.05) is 25.9 Å². The minimum Gasteiger partial charge on any atom is -0.346 e. The number of nitrogens with zero attached hydrogens (tertiary/aromatic N) is 4. The zero-order valence-electron chi connectivity index (χ0n) is 7.78. The van der Waals surface area contributed by atoms with E-state index in [1.54, 1.807) is 11.0 Å². The number of allylic oxidation sites excluding steroid dienone is 1. The summed E-state index contributed by atoms with van der Waals surface area (Å²) in [4.78, 5) is 5.96. The average Bonchev–Trinajstić information content (AvgIpc) is 2.51. The second-order valence-electron chi connectivity index (χ2n) is 2.80. The Kier molecular flexibility index (Phi) is 2.47. The predicted molar refractivity (Wildman–Crippen MR) is 50.0 cm³/mol. The molecule has 1 rings (SSSR count). The lowest BCUT2D eigenvalue weighted by atomic mass is 10.4. The number of rotatable bonds is 3. The van der Waals surface area contributed by atoms with Gasteiger partial charge in [-0.2, -0.15) is 4.98 Å². The molecule has 12 heavy (non-hydrogen) atoms. The molecule has 0 saturated carbocycles. The Bertz CT molecular complexity index is 274. The van der Waals surface area contributed by atoms with Gasteiger partial charge in [-0.25, -0.2) is 4.68 Å².